The molecule has 24 heavy (non-hydrogen) atoms. The topological polar surface area (TPSA) is 50.9 Å². The van der Waals surface area contributed by atoms with Gasteiger partial charge in [-0.3, -0.25) is 15.7 Å². The molecule has 0 aromatic heterocycles. The second-order valence-electron chi connectivity index (χ2n) is 5.60. The lowest BCUT2D eigenvalue weighted by molar-refractivity contribution is 1.28. The van der Waals surface area contributed by atoms with Gasteiger partial charge >= 0.3 is 0 Å². The zero-order chi connectivity index (χ0) is 16.9. The van der Waals surface area contributed by atoms with Crippen LogP contribution in [0.1, 0.15) is 16.7 Å². The van der Waals surface area contributed by atoms with Crippen molar-refractivity contribution in [3.63, 3.8) is 0 Å². The van der Waals surface area contributed by atoms with E-state index in [-0.39, 0.29) is 11.7 Å². The first kappa shape index (κ1) is 15.7. The first-order chi connectivity index (χ1) is 11.7. The Balaban J connectivity index is 2.05. The Hall–Kier alpha value is -3.20. The van der Waals surface area contributed by atoms with E-state index in [1.54, 1.807) is 4.90 Å². The van der Waals surface area contributed by atoms with Gasteiger partial charge in [0, 0.05) is 16.8 Å². The summed E-state index contributed by atoms with van der Waals surface area (Å²) in [6.07, 6.45) is 0. The SMILES string of the molecule is Cc1ccc(N(C(=N)c2ccccc2)C(=N)c2ccccc2)cc1. The third-order valence-corrected chi connectivity index (χ3v) is 3.83. The number of anilines is 1. The average molecular weight is 313 g/mol. The molecule has 3 aromatic carbocycles. The van der Waals surface area contributed by atoms with Crippen LogP contribution in [-0.2, 0) is 0 Å². The Kier molecular flexibility index (Phi) is 4.52. The molecule has 0 bridgehead atoms. The van der Waals surface area contributed by atoms with Crippen LogP contribution in [-0.4, -0.2) is 11.7 Å². The van der Waals surface area contributed by atoms with Gasteiger partial charge in [-0.1, -0.05) is 78.4 Å². The van der Waals surface area contributed by atoms with Crippen molar-refractivity contribution in [3.8, 4) is 0 Å². The fraction of sp³-hybridized carbons (Fsp3) is 0.0476. The number of nitrogens with zero attached hydrogens (tertiary/aromatic N) is 1. The summed E-state index contributed by atoms with van der Waals surface area (Å²) in [5, 5.41) is 17.3. The summed E-state index contributed by atoms with van der Waals surface area (Å²) in [7, 11) is 0. The van der Waals surface area contributed by atoms with Gasteiger partial charge in [0.15, 0.2) is 0 Å². The molecule has 0 saturated carbocycles. The van der Waals surface area contributed by atoms with Gasteiger partial charge in [-0.25, -0.2) is 0 Å². The predicted octanol–water partition coefficient (Wildman–Crippen LogP) is 4.85. The first-order valence-electron chi connectivity index (χ1n) is 7.81. The summed E-state index contributed by atoms with van der Waals surface area (Å²) in [6, 6.07) is 26.9. The third-order valence-electron chi connectivity index (χ3n) is 3.83. The summed E-state index contributed by atoms with van der Waals surface area (Å²) in [5.74, 6) is 0.571. The highest BCUT2D eigenvalue weighted by atomic mass is 15.2. The summed E-state index contributed by atoms with van der Waals surface area (Å²) >= 11 is 0. The van der Waals surface area contributed by atoms with Crippen LogP contribution in [0, 0.1) is 17.7 Å². The van der Waals surface area contributed by atoms with Crippen molar-refractivity contribution in [3.05, 3.63) is 102 Å². The second-order valence-corrected chi connectivity index (χ2v) is 5.60. The lowest BCUT2D eigenvalue weighted by Gasteiger charge is -2.26. The predicted molar refractivity (Wildman–Crippen MR) is 100 cm³/mol. The van der Waals surface area contributed by atoms with E-state index in [2.05, 4.69) is 0 Å². The molecular formula is C21H19N3. The molecule has 2 N–H and O–H groups in total. The minimum Gasteiger partial charge on any atom is -0.284 e. The molecule has 3 heteroatoms. The maximum atomic E-state index is 8.64. The van der Waals surface area contributed by atoms with E-state index in [1.807, 2.05) is 91.9 Å². The Labute approximate surface area is 142 Å². The maximum absolute atomic E-state index is 8.64. The van der Waals surface area contributed by atoms with Crippen molar-refractivity contribution in [2.45, 2.75) is 6.92 Å². The van der Waals surface area contributed by atoms with Crippen molar-refractivity contribution < 1.29 is 0 Å². The van der Waals surface area contributed by atoms with E-state index in [0.29, 0.717) is 0 Å². The molecule has 0 atom stereocenters. The highest BCUT2D eigenvalue weighted by Gasteiger charge is 2.20. The van der Waals surface area contributed by atoms with Gasteiger partial charge < -0.3 is 0 Å². The van der Waals surface area contributed by atoms with Crippen LogP contribution >= 0.6 is 0 Å². The molecule has 0 radical (unpaired) electrons. The summed E-state index contributed by atoms with van der Waals surface area (Å²) in [5.41, 5.74) is 3.51. The van der Waals surface area contributed by atoms with Crippen molar-refractivity contribution in [1.82, 2.24) is 0 Å². The highest BCUT2D eigenvalue weighted by molar-refractivity contribution is 6.27. The van der Waals surface area contributed by atoms with E-state index in [1.165, 1.54) is 0 Å². The maximum Gasteiger partial charge on any atom is 0.138 e. The van der Waals surface area contributed by atoms with Crippen LogP contribution in [0.2, 0.25) is 0 Å². The average Bonchev–Trinajstić information content (AvgIpc) is 2.64. The van der Waals surface area contributed by atoms with E-state index in [9.17, 15) is 0 Å². The van der Waals surface area contributed by atoms with Gasteiger partial charge in [0.05, 0.1) is 0 Å². The Morgan fingerprint density at radius 2 is 1.04 bits per heavy atom. The molecule has 0 aliphatic rings. The number of nitrogens with one attached hydrogen (secondary N) is 2. The summed E-state index contributed by atoms with van der Waals surface area (Å²) in [4.78, 5) is 1.67. The molecule has 0 aliphatic heterocycles. The van der Waals surface area contributed by atoms with Crippen molar-refractivity contribution in [1.29, 1.82) is 10.8 Å². The standard InChI is InChI=1S/C21H19N3/c1-16-12-14-19(15-13-16)24(20(22)17-8-4-2-5-9-17)21(23)18-10-6-3-7-11-18/h2-15,22-23H,1H3. The molecule has 0 spiro atoms. The highest BCUT2D eigenvalue weighted by Crippen LogP contribution is 2.21. The fourth-order valence-corrected chi connectivity index (χ4v) is 2.51. The third kappa shape index (κ3) is 3.25. The number of hydrogen-bond acceptors (Lipinski definition) is 2. The van der Waals surface area contributed by atoms with Gasteiger partial charge in [-0.2, -0.15) is 0 Å². The first-order valence-corrected chi connectivity index (χ1v) is 7.81. The quantitative estimate of drug-likeness (QED) is 0.527. The minimum atomic E-state index is 0.285. The Bertz CT molecular complexity index is 786. The monoisotopic (exact) mass is 313 g/mol. The van der Waals surface area contributed by atoms with Crippen LogP contribution in [0.4, 0.5) is 5.69 Å². The minimum absolute atomic E-state index is 0.285. The number of hydrogen-bond donors (Lipinski definition) is 2. The van der Waals surface area contributed by atoms with Gasteiger partial charge in [-0.15, -0.1) is 0 Å². The molecule has 0 fully saturated rings. The molecule has 118 valence electrons. The van der Waals surface area contributed by atoms with E-state index >= 15 is 0 Å². The lowest BCUT2D eigenvalue weighted by atomic mass is 10.1. The van der Waals surface area contributed by atoms with Gasteiger partial charge in [0.1, 0.15) is 11.7 Å². The summed E-state index contributed by atoms with van der Waals surface area (Å²) < 4.78 is 0. The van der Waals surface area contributed by atoms with Gasteiger partial charge in [0.2, 0.25) is 0 Å². The molecule has 3 rings (SSSR count). The van der Waals surface area contributed by atoms with Crippen molar-refractivity contribution >= 4 is 17.4 Å². The number of rotatable bonds is 3. The molecule has 0 amide bonds. The second kappa shape index (κ2) is 6.92. The summed E-state index contributed by atoms with van der Waals surface area (Å²) in [6.45, 7) is 2.03. The van der Waals surface area contributed by atoms with Crippen molar-refractivity contribution in [2.75, 3.05) is 4.90 Å². The van der Waals surface area contributed by atoms with Crippen LogP contribution in [0.3, 0.4) is 0 Å². The molecule has 3 aromatic rings. The van der Waals surface area contributed by atoms with Gasteiger partial charge in [0.25, 0.3) is 0 Å². The largest absolute Gasteiger partial charge is 0.284 e. The molecule has 0 saturated heterocycles. The molecule has 0 heterocycles. The molecule has 0 aliphatic carbocycles. The number of aryl methyl sites for hydroxylation is 1. The van der Waals surface area contributed by atoms with E-state index < -0.39 is 0 Å². The van der Waals surface area contributed by atoms with Crippen LogP contribution in [0.5, 0.6) is 0 Å². The Morgan fingerprint density at radius 3 is 1.46 bits per heavy atom. The molecule has 3 nitrogen and oxygen atoms in total. The fourth-order valence-electron chi connectivity index (χ4n) is 2.51. The molecular weight excluding hydrogens is 294 g/mol. The normalized spacial score (nSPS) is 10.2. The zero-order valence-electron chi connectivity index (χ0n) is 13.5. The van der Waals surface area contributed by atoms with Crippen LogP contribution < -0.4 is 4.90 Å². The Morgan fingerprint density at radius 1 is 0.625 bits per heavy atom. The van der Waals surface area contributed by atoms with Gasteiger partial charge in [-0.05, 0) is 19.1 Å². The number of amidine groups is 2. The van der Waals surface area contributed by atoms with E-state index in [4.69, 9.17) is 10.8 Å². The van der Waals surface area contributed by atoms with Crippen LogP contribution in [0.15, 0.2) is 84.9 Å². The van der Waals surface area contributed by atoms with Crippen LogP contribution in [0.25, 0.3) is 0 Å². The molecule has 0 unspecified atom stereocenters. The zero-order valence-corrected chi connectivity index (χ0v) is 13.5. The number of benzene rings is 3. The van der Waals surface area contributed by atoms with Crippen molar-refractivity contribution in [2.24, 2.45) is 0 Å². The van der Waals surface area contributed by atoms with E-state index in [0.717, 1.165) is 22.4 Å². The lowest BCUT2D eigenvalue weighted by Crippen LogP contribution is -2.37. The smallest absolute Gasteiger partial charge is 0.138 e.